The molecule has 3 atom stereocenters. The Morgan fingerprint density at radius 2 is 2.05 bits per heavy atom. The van der Waals surface area contributed by atoms with Crippen LogP contribution in [0.3, 0.4) is 0 Å². The first-order valence-electron chi connectivity index (χ1n) is 5.87. The average molecular weight is 271 g/mol. The number of rotatable bonds is 2. The molecule has 2 aliphatic rings. The van der Waals surface area contributed by atoms with Crippen molar-refractivity contribution in [1.82, 2.24) is 4.73 Å². The van der Waals surface area contributed by atoms with Crippen LogP contribution in [0.1, 0.15) is 6.42 Å². The van der Waals surface area contributed by atoms with Crippen molar-refractivity contribution in [3.05, 3.63) is 12.1 Å². The largest absolute Gasteiger partial charge is 0.534 e. The third-order valence-corrected chi connectivity index (χ3v) is 3.20. The van der Waals surface area contributed by atoms with Crippen LogP contribution < -0.4 is 4.84 Å². The molecule has 8 heteroatoms. The minimum atomic E-state index is -1.03. The molecule has 2 saturated heterocycles. The van der Waals surface area contributed by atoms with Gasteiger partial charge in [-0.3, -0.25) is 4.84 Å². The van der Waals surface area contributed by atoms with Crippen LogP contribution in [0.25, 0.3) is 0 Å². The fourth-order valence-electron chi connectivity index (χ4n) is 2.26. The molecule has 3 heterocycles. The Balaban J connectivity index is 1.60. The van der Waals surface area contributed by atoms with E-state index in [1.54, 1.807) is 0 Å². The van der Waals surface area contributed by atoms with E-state index in [1.807, 2.05) is 0 Å². The van der Waals surface area contributed by atoms with Gasteiger partial charge in [0.25, 0.3) is 0 Å². The summed E-state index contributed by atoms with van der Waals surface area (Å²) in [4.78, 5) is 16.3. The molecule has 104 valence electrons. The summed E-state index contributed by atoms with van der Waals surface area (Å²) >= 11 is 0. The lowest BCUT2D eigenvalue weighted by atomic mass is 10.0. The van der Waals surface area contributed by atoms with E-state index in [2.05, 4.69) is 4.84 Å². The van der Waals surface area contributed by atoms with Gasteiger partial charge in [-0.25, -0.2) is 4.79 Å². The number of hydrogen-bond donors (Lipinski definition) is 2. The first kappa shape index (κ1) is 12.1. The van der Waals surface area contributed by atoms with Crippen LogP contribution in [-0.2, 0) is 14.2 Å². The fraction of sp³-hybridized carbons (Fsp3) is 0.545. The Hall–Kier alpha value is -1.93. The first-order valence-corrected chi connectivity index (χ1v) is 5.87. The molecule has 2 fully saturated rings. The van der Waals surface area contributed by atoms with Crippen molar-refractivity contribution < 1.29 is 34.1 Å². The summed E-state index contributed by atoms with van der Waals surface area (Å²) in [5, 5.41) is 18.6. The minimum Gasteiger partial charge on any atom is -0.492 e. The van der Waals surface area contributed by atoms with Gasteiger partial charge in [-0.2, -0.15) is 0 Å². The fourth-order valence-corrected chi connectivity index (χ4v) is 2.26. The lowest BCUT2D eigenvalue weighted by Gasteiger charge is -2.15. The monoisotopic (exact) mass is 271 g/mol. The molecule has 0 spiro atoms. The van der Waals surface area contributed by atoms with Crippen molar-refractivity contribution in [1.29, 1.82) is 0 Å². The molecule has 0 radical (unpaired) electrons. The Kier molecular flexibility index (Phi) is 2.96. The van der Waals surface area contributed by atoms with Gasteiger partial charge in [0.1, 0.15) is 6.10 Å². The van der Waals surface area contributed by atoms with Crippen molar-refractivity contribution in [3.63, 3.8) is 0 Å². The molecule has 1 unspecified atom stereocenters. The van der Waals surface area contributed by atoms with Gasteiger partial charge in [0.2, 0.25) is 11.8 Å². The molecule has 0 aromatic carbocycles. The van der Waals surface area contributed by atoms with Crippen LogP contribution in [-0.4, -0.2) is 46.7 Å². The first-order chi connectivity index (χ1) is 9.15. The molecular weight excluding hydrogens is 258 g/mol. The summed E-state index contributed by atoms with van der Waals surface area (Å²) in [7, 11) is 0. The van der Waals surface area contributed by atoms with Crippen LogP contribution in [0.2, 0.25) is 0 Å². The van der Waals surface area contributed by atoms with E-state index in [1.165, 1.54) is 12.1 Å². The minimum absolute atomic E-state index is 0.000550. The van der Waals surface area contributed by atoms with Crippen LogP contribution in [0.4, 0.5) is 4.79 Å². The lowest BCUT2D eigenvalue weighted by molar-refractivity contribution is -0.0908. The zero-order valence-corrected chi connectivity index (χ0v) is 9.89. The Labute approximate surface area is 108 Å². The quantitative estimate of drug-likeness (QED) is 0.742. The lowest BCUT2D eigenvalue weighted by Crippen LogP contribution is -2.30. The van der Waals surface area contributed by atoms with Gasteiger partial charge >= 0.3 is 6.16 Å². The highest BCUT2D eigenvalue weighted by Crippen LogP contribution is 2.33. The molecule has 19 heavy (non-hydrogen) atoms. The van der Waals surface area contributed by atoms with Gasteiger partial charge in [0.05, 0.1) is 19.1 Å². The molecule has 2 N–H and O–H groups in total. The van der Waals surface area contributed by atoms with E-state index in [0.717, 1.165) is 6.42 Å². The number of carbonyl (C=O) groups is 1. The van der Waals surface area contributed by atoms with Crippen molar-refractivity contribution in [3.8, 4) is 11.8 Å². The van der Waals surface area contributed by atoms with E-state index in [0.29, 0.717) is 11.3 Å². The third-order valence-electron chi connectivity index (χ3n) is 3.20. The number of nitrogens with zero attached hydrogens (tertiary/aromatic N) is 1. The van der Waals surface area contributed by atoms with Gasteiger partial charge in [0.15, 0.2) is 6.29 Å². The molecule has 3 rings (SSSR count). The molecule has 1 aromatic rings. The molecule has 0 aliphatic carbocycles. The van der Waals surface area contributed by atoms with Crippen LogP contribution in [0.15, 0.2) is 12.1 Å². The van der Waals surface area contributed by atoms with E-state index in [-0.39, 0.29) is 18.8 Å². The van der Waals surface area contributed by atoms with Crippen molar-refractivity contribution >= 4 is 6.16 Å². The SMILES string of the molecule is O=C(OC1CO[C@H]2OCC[C@@H]12)On1c(O)ccc1O. The van der Waals surface area contributed by atoms with Gasteiger partial charge in [0, 0.05) is 12.1 Å². The maximum absolute atomic E-state index is 11.6. The second kappa shape index (κ2) is 4.63. The molecule has 0 amide bonds. The van der Waals surface area contributed by atoms with Gasteiger partial charge in [-0.1, -0.05) is 0 Å². The summed E-state index contributed by atoms with van der Waals surface area (Å²) in [6, 6.07) is 2.37. The Morgan fingerprint density at radius 1 is 1.32 bits per heavy atom. The number of aromatic hydroxyl groups is 2. The maximum atomic E-state index is 11.6. The highest BCUT2D eigenvalue weighted by Gasteiger charge is 2.44. The van der Waals surface area contributed by atoms with Crippen LogP contribution >= 0.6 is 0 Å². The van der Waals surface area contributed by atoms with Crippen molar-refractivity contribution in [2.24, 2.45) is 5.92 Å². The second-order valence-electron chi connectivity index (χ2n) is 4.37. The smallest absolute Gasteiger partial charge is 0.492 e. The number of aromatic nitrogens is 1. The van der Waals surface area contributed by atoms with Gasteiger partial charge < -0.3 is 24.4 Å². The standard InChI is InChI=1S/C11H13NO7/c13-8-1-2-9(14)12(8)19-11(15)18-7-5-17-10-6(7)3-4-16-10/h1-2,6-7,10,13-14H,3-5H2/t6-,7?,10+/m0/s1. The maximum Gasteiger partial charge on any atom is 0.534 e. The zero-order valence-electron chi connectivity index (χ0n) is 9.89. The second-order valence-corrected chi connectivity index (χ2v) is 4.37. The van der Waals surface area contributed by atoms with E-state index < -0.39 is 24.0 Å². The predicted molar refractivity (Wildman–Crippen MR) is 58.4 cm³/mol. The number of ether oxygens (including phenoxy) is 3. The van der Waals surface area contributed by atoms with Gasteiger partial charge in [-0.15, -0.1) is 4.73 Å². The molecule has 8 nitrogen and oxygen atoms in total. The molecular formula is C11H13NO7. The van der Waals surface area contributed by atoms with Crippen molar-refractivity contribution in [2.45, 2.75) is 18.8 Å². The summed E-state index contributed by atoms with van der Waals surface area (Å²) in [6.45, 7) is 0.817. The summed E-state index contributed by atoms with van der Waals surface area (Å²) in [6.07, 6.45) is -1.04. The number of hydrogen-bond acceptors (Lipinski definition) is 7. The van der Waals surface area contributed by atoms with Gasteiger partial charge in [-0.05, 0) is 6.42 Å². The molecule has 0 bridgehead atoms. The summed E-state index contributed by atoms with van der Waals surface area (Å²) in [5.74, 6) is -0.808. The predicted octanol–water partition coefficient (Wildman–Crippen LogP) is 0.226. The average Bonchev–Trinajstić information content (AvgIpc) is 3.03. The summed E-state index contributed by atoms with van der Waals surface area (Å²) in [5.41, 5.74) is 0. The molecule has 0 saturated carbocycles. The summed E-state index contributed by atoms with van der Waals surface area (Å²) < 4.78 is 16.3. The van der Waals surface area contributed by atoms with E-state index in [4.69, 9.17) is 14.2 Å². The van der Waals surface area contributed by atoms with Crippen LogP contribution in [0.5, 0.6) is 11.8 Å². The topological polar surface area (TPSA) is 99.4 Å². The Bertz CT molecular complexity index is 466. The molecule has 1 aromatic heterocycles. The zero-order chi connectivity index (χ0) is 13.4. The van der Waals surface area contributed by atoms with E-state index >= 15 is 0 Å². The Morgan fingerprint density at radius 3 is 2.79 bits per heavy atom. The highest BCUT2D eigenvalue weighted by molar-refractivity contribution is 5.61. The normalized spacial score (nSPS) is 29.2. The van der Waals surface area contributed by atoms with E-state index in [9.17, 15) is 15.0 Å². The number of carbonyl (C=O) groups excluding carboxylic acids is 1. The van der Waals surface area contributed by atoms with Crippen LogP contribution in [0, 0.1) is 5.92 Å². The third kappa shape index (κ3) is 2.20. The van der Waals surface area contributed by atoms with Crippen molar-refractivity contribution in [2.75, 3.05) is 13.2 Å². The molecule has 2 aliphatic heterocycles. The number of fused-ring (bicyclic) bond motifs is 1. The highest BCUT2D eigenvalue weighted by atomic mass is 16.8.